The van der Waals surface area contributed by atoms with E-state index in [0.717, 1.165) is 50.5 Å². The van der Waals surface area contributed by atoms with Gasteiger partial charge in [-0.05, 0) is 102 Å². The van der Waals surface area contributed by atoms with Crippen LogP contribution in [-0.2, 0) is 20.8 Å². The molecule has 0 amide bonds. The minimum Gasteiger partial charge on any atom is -0.449 e. The molecule has 0 spiro atoms. The number of aliphatic hydroxyl groups is 1. The Morgan fingerprint density at radius 3 is 2.29 bits per heavy atom. The average Bonchev–Trinajstić information content (AvgIpc) is 3.32. The summed E-state index contributed by atoms with van der Waals surface area (Å²) in [5, 5.41) is 24.5. The predicted molar refractivity (Wildman–Crippen MR) is 183 cm³/mol. The monoisotopic (exact) mass is 663 g/mol. The molecule has 0 aliphatic heterocycles. The minimum atomic E-state index is -1.65. The number of ether oxygens (including phenoxy) is 2. The molecule has 48 heavy (non-hydrogen) atoms. The third kappa shape index (κ3) is 5.26. The number of allylic oxidation sites excluding steroid dienone is 1. The SMILES string of the molecule is CC(C)C1=C2[C@H]3CC[C@@H]4[C@@]5(C)CC[C@H](OC(=O)OC(=O)O)C(C)(C)[C@@H]5CC[C@@]4(C)[C@]3(C)CC[C@@]2([C@@H](O)CNCc2ccccc2)CC1=O. The lowest BCUT2D eigenvalue weighted by Gasteiger charge is -2.72. The highest BCUT2D eigenvalue weighted by molar-refractivity contribution is 6.00. The molecule has 0 radical (unpaired) electrons. The molecule has 4 saturated carbocycles. The first kappa shape index (κ1) is 35.1. The van der Waals surface area contributed by atoms with Gasteiger partial charge in [0.1, 0.15) is 6.10 Å². The summed E-state index contributed by atoms with van der Waals surface area (Å²) in [6.07, 6.45) is 4.08. The van der Waals surface area contributed by atoms with Crippen molar-refractivity contribution >= 4 is 18.1 Å². The predicted octanol–water partition coefficient (Wildman–Crippen LogP) is 8.32. The van der Waals surface area contributed by atoms with Gasteiger partial charge < -0.3 is 25.0 Å². The van der Waals surface area contributed by atoms with Crippen LogP contribution in [0.1, 0.15) is 112 Å². The number of benzene rings is 1. The molecular weight excluding hydrogens is 606 g/mol. The molecule has 6 rings (SSSR count). The maximum Gasteiger partial charge on any atom is 0.518 e. The normalized spacial score (nSPS) is 39.1. The fourth-order valence-corrected chi connectivity index (χ4v) is 12.6. The van der Waals surface area contributed by atoms with Crippen LogP contribution < -0.4 is 5.32 Å². The molecule has 0 aromatic heterocycles. The van der Waals surface area contributed by atoms with Crippen LogP contribution in [0.2, 0.25) is 0 Å². The van der Waals surface area contributed by atoms with Crippen LogP contribution in [0.5, 0.6) is 0 Å². The van der Waals surface area contributed by atoms with E-state index in [4.69, 9.17) is 9.84 Å². The van der Waals surface area contributed by atoms with Gasteiger partial charge in [0, 0.05) is 30.3 Å². The van der Waals surface area contributed by atoms with Crippen LogP contribution in [0.25, 0.3) is 0 Å². The number of ketones is 1. The summed E-state index contributed by atoms with van der Waals surface area (Å²) in [6, 6.07) is 10.3. The van der Waals surface area contributed by atoms with Crippen molar-refractivity contribution in [3.8, 4) is 0 Å². The number of carboxylic acid groups (broad SMARTS) is 1. The zero-order valence-electron chi connectivity index (χ0n) is 30.1. The van der Waals surface area contributed by atoms with Gasteiger partial charge in [0.25, 0.3) is 0 Å². The lowest BCUT2D eigenvalue weighted by atomic mass is 9.33. The zero-order valence-corrected chi connectivity index (χ0v) is 30.1. The van der Waals surface area contributed by atoms with Gasteiger partial charge >= 0.3 is 12.3 Å². The third-order valence-electron chi connectivity index (χ3n) is 15.0. The van der Waals surface area contributed by atoms with Gasteiger partial charge in [0.15, 0.2) is 5.78 Å². The molecule has 0 saturated heterocycles. The quantitative estimate of drug-likeness (QED) is 0.197. The highest BCUT2D eigenvalue weighted by Gasteiger charge is 2.70. The second kappa shape index (κ2) is 12.3. The first-order chi connectivity index (χ1) is 22.5. The Bertz CT molecular complexity index is 1470. The Morgan fingerprint density at radius 1 is 0.917 bits per heavy atom. The number of nitrogens with one attached hydrogen (secondary N) is 1. The lowest BCUT2D eigenvalue weighted by Crippen LogP contribution is -2.66. The summed E-state index contributed by atoms with van der Waals surface area (Å²) < 4.78 is 9.97. The molecule has 0 unspecified atom stereocenters. The molecule has 1 aromatic rings. The number of fused-ring (bicyclic) bond motifs is 7. The van der Waals surface area contributed by atoms with Crippen LogP contribution in [0.4, 0.5) is 9.59 Å². The van der Waals surface area contributed by atoms with Gasteiger partial charge in [-0.25, -0.2) is 9.59 Å². The number of hydrogen-bond acceptors (Lipinski definition) is 7. The topological polar surface area (TPSA) is 122 Å². The molecule has 8 heteroatoms. The largest absolute Gasteiger partial charge is 0.518 e. The average molecular weight is 664 g/mol. The van der Waals surface area contributed by atoms with Crippen molar-refractivity contribution in [3.05, 3.63) is 47.0 Å². The van der Waals surface area contributed by atoms with Gasteiger partial charge in [-0.2, -0.15) is 0 Å². The Kier molecular flexibility index (Phi) is 8.97. The first-order valence-corrected chi connectivity index (χ1v) is 18.3. The lowest BCUT2D eigenvalue weighted by molar-refractivity contribution is -0.231. The van der Waals surface area contributed by atoms with Crippen LogP contribution in [-0.4, -0.2) is 47.1 Å². The summed E-state index contributed by atoms with van der Waals surface area (Å²) in [7, 11) is 0. The van der Waals surface area contributed by atoms with Crippen LogP contribution >= 0.6 is 0 Å². The fourth-order valence-electron chi connectivity index (χ4n) is 12.6. The maximum absolute atomic E-state index is 13.9. The van der Waals surface area contributed by atoms with E-state index in [1.807, 2.05) is 18.2 Å². The molecule has 1 aromatic carbocycles. The van der Waals surface area contributed by atoms with Crippen molar-refractivity contribution in [3.63, 3.8) is 0 Å². The summed E-state index contributed by atoms with van der Waals surface area (Å²) in [5.74, 6) is 1.36. The minimum absolute atomic E-state index is 0.0204. The van der Waals surface area contributed by atoms with E-state index < -0.39 is 29.9 Å². The van der Waals surface area contributed by atoms with E-state index in [2.05, 4.69) is 70.7 Å². The standard InChI is InChI=1S/C40H57NO7/c1-24(2)32-27(42)21-40(30(43)23-41-22-25-11-9-8-10-12-25)20-19-38(6)26(33(32)40)13-14-29-37(5)17-16-31(47-35(46)48-34(44)45)36(3,4)28(37)15-18-39(29,38)7/h8-12,24,26,28-31,41,43H,13-23H2,1-7H3,(H,44,45)/t26-,28+,29-,30+,31+,37+,38-,39-,40+/m1/s1. The molecule has 4 fully saturated rings. The molecule has 5 aliphatic rings. The summed E-state index contributed by atoms with van der Waals surface area (Å²) in [6.45, 7) is 17.3. The number of hydrogen-bond donors (Lipinski definition) is 3. The van der Waals surface area contributed by atoms with Gasteiger partial charge in [0.05, 0.1) is 6.10 Å². The third-order valence-corrected chi connectivity index (χ3v) is 15.0. The Labute approximate surface area is 286 Å². The molecule has 0 bridgehead atoms. The van der Waals surface area contributed by atoms with E-state index in [1.165, 1.54) is 11.1 Å². The van der Waals surface area contributed by atoms with Gasteiger partial charge in [-0.15, -0.1) is 0 Å². The van der Waals surface area contributed by atoms with Crippen molar-refractivity contribution in [2.75, 3.05) is 6.54 Å². The van der Waals surface area contributed by atoms with Crippen molar-refractivity contribution < 1.29 is 34.1 Å². The van der Waals surface area contributed by atoms with E-state index in [1.54, 1.807) is 0 Å². The van der Waals surface area contributed by atoms with Crippen LogP contribution in [0, 0.1) is 50.7 Å². The van der Waals surface area contributed by atoms with E-state index >= 15 is 0 Å². The highest BCUT2D eigenvalue weighted by atomic mass is 16.8. The molecule has 8 nitrogen and oxygen atoms in total. The molecular formula is C40H57NO7. The molecule has 9 atom stereocenters. The number of aliphatic hydroxyl groups excluding tert-OH is 1. The number of carbonyl (C=O) groups is 3. The van der Waals surface area contributed by atoms with Crippen LogP contribution in [0.3, 0.4) is 0 Å². The number of carbonyl (C=O) groups excluding carboxylic acids is 2. The Balaban J connectivity index is 1.29. The van der Waals surface area contributed by atoms with E-state index in [0.29, 0.717) is 37.8 Å². The Hall–Kier alpha value is -2.71. The number of Topliss-reactive ketones (excluding diaryl/α,β-unsaturated/α-hetero) is 1. The summed E-state index contributed by atoms with van der Waals surface area (Å²) in [5.41, 5.74) is 2.64. The summed E-state index contributed by atoms with van der Waals surface area (Å²) in [4.78, 5) is 37.1. The first-order valence-electron chi connectivity index (χ1n) is 18.3. The van der Waals surface area contributed by atoms with Crippen molar-refractivity contribution in [1.29, 1.82) is 0 Å². The maximum atomic E-state index is 13.9. The van der Waals surface area contributed by atoms with E-state index in [9.17, 15) is 19.5 Å². The molecule has 3 N–H and O–H groups in total. The zero-order chi connectivity index (χ0) is 34.9. The van der Waals surface area contributed by atoms with E-state index in [-0.39, 0.29) is 39.3 Å². The molecule has 264 valence electrons. The Morgan fingerprint density at radius 2 is 1.62 bits per heavy atom. The smallest absolute Gasteiger partial charge is 0.449 e. The summed E-state index contributed by atoms with van der Waals surface area (Å²) >= 11 is 0. The van der Waals surface area contributed by atoms with Gasteiger partial charge in [-0.3, -0.25) is 4.79 Å². The molecule has 0 heterocycles. The fraction of sp³-hybridized carbons (Fsp3) is 0.725. The van der Waals surface area contributed by atoms with Gasteiger partial charge in [-0.1, -0.05) is 84.4 Å². The number of rotatable bonds is 7. The molecule has 5 aliphatic carbocycles. The van der Waals surface area contributed by atoms with Crippen molar-refractivity contribution in [1.82, 2.24) is 5.32 Å². The van der Waals surface area contributed by atoms with Gasteiger partial charge in [0.2, 0.25) is 0 Å². The van der Waals surface area contributed by atoms with Crippen molar-refractivity contribution in [2.45, 2.75) is 125 Å². The van der Waals surface area contributed by atoms with Crippen molar-refractivity contribution in [2.24, 2.45) is 50.7 Å². The second-order valence-electron chi connectivity index (χ2n) is 17.6. The highest BCUT2D eigenvalue weighted by Crippen LogP contribution is 2.77. The second-order valence-corrected chi connectivity index (χ2v) is 17.6. The van der Waals surface area contributed by atoms with Crippen LogP contribution in [0.15, 0.2) is 41.5 Å².